The van der Waals surface area contributed by atoms with Crippen LogP contribution in [0, 0.1) is 0 Å². The van der Waals surface area contributed by atoms with Crippen molar-refractivity contribution in [2.45, 2.75) is 32.2 Å². The summed E-state index contributed by atoms with van der Waals surface area (Å²) in [4.78, 5) is 2.28. The summed E-state index contributed by atoms with van der Waals surface area (Å²) in [5, 5.41) is 20.3. The summed E-state index contributed by atoms with van der Waals surface area (Å²) >= 11 is 0. The van der Waals surface area contributed by atoms with Crippen LogP contribution in [0.4, 0.5) is 13.2 Å². The van der Waals surface area contributed by atoms with Gasteiger partial charge in [0.1, 0.15) is 5.75 Å². The molecule has 4 nitrogen and oxygen atoms in total. The van der Waals surface area contributed by atoms with E-state index in [9.17, 15) is 23.4 Å². The first kappa shape index (κ1) is 17.0. The number of phenols is 2. The fourth-order valence-corrected chi connectivity index (χ4v) is 4.20. The summed E-state index contributed by atoms with van der Waals surface area (Å²) in [6, 6.07) is 5.92. The van der Waals surface area contributed by atoms with Crippen LogP contribution in [0.15, 0.2) is 24.3 Å². The van der Waals surface area contributed by atoms with Crippen LogP contribution in [0.2, 0.25) is 0 Å². The number of aromatic hydroxyl groups is 2. The zero-order chi connectivity index (χ0) is 18.6. The number of rotatable bonds is 2. The molecular formula is C19H18F3NO3. The number of nitrogens with zero attached hydrogens (tertiary/aromatic N) is 1. The standard InChI is InChI=1S/C19H18F3NO3/c1-2-23-6-5-11-7-12(26-19(20,21)22)9-13-16(11)14(23)8-10-3-4-15(24)18(25)17(10)13/h3-4,7,9,14,24-25H,2,5-6,8H2,1H3/t14-/m1/s1. The van der Waals surface area contributed by atoms with Gasteiger partial charge < -0.3 is 14.9 Å². The number of ether oxygens (including phenoxy) is 1. The quantitative estimate of drug-likeness (QED) is 0.786. The molecular weight excluding hydrogens is 347 g/mol. The van der Waals surface area contributed by atoms with Crippen LogP contribution in [0.25, 0.3) is 11.1 Å². The number of benzene rings is 2. The normalized spacial score (nSPS) is 19.0. The highest BCUT2D eigenvalue weighted by molar-refractivity contribution is 5.83. The third kappa shape index (κ3) is 2.67. The van der Waals surface area contributed by atoms with Crippen molar-refractivity contribution in [1.29, 1.82) is 0 Å². The van der Waals surface area contributed by atoms with E-state index in [1.165, 1.54) is 18.2 Å². The van der Waals surface area contributed by atoms with Gasteiger partial charge in [-0.15, -0.1) is 13.2 Å². The molecule has 1 aliphatic heterocycles. The number of likely N-dealkylation sites (N-methyl/N-ethyl adjacent to an activating group) is 1. The number of fused-ring (bicyclic) bond motifs is 2. The van der Waals surface area contributed by atoms with Crippen LogP contribution in [0.1, 0.15) is 29.7 Å². The Kier molecular flexibility index (Phi) is 3.80. The van der Waals surface area contributed by atoms with Crippen LogP contribution in [0.3, 0.4) is 0 Å². The maximum absolute atomic E-state index is 12.7. The Morgan fingerprint density at radius 3 is 2.65 bits per heavy atom. The van der Waals surface area contributed by atoms with Gasteiger partial charge in [-0.1, -0.05) is 13.0 Å². The number of hydrogen-bond donors (Lipinski definition) is 2. The third-order valence-corrected chi connectivity index (χ3v) is 5.25. The highest BCUT2D eigenvalue weighted by Crippen LogP contribution is 2.51. The lowest BCUT2D eigenvalue weighted by Gasteiger charge is -2.41. The Labute approximate surface area is 148 Å². The number of halogens is 3. The van der Waals surface area contributed by atoms with Crippen molar-refractivity contribution in [2.75, 3.05) is 13.1 Å². The van der Waals surface area contributed by atoms with Gasteiger partial charge in [0, 0.05) is 18.2 Å². The molecule has 2 aromatic carbocycles. The van der Waals surface area contributed by atoms with E-state index >= 15 is 0 Å². The summed E-state index contributed by atoms with van der Waals surface area (Å²) in [5.41, 5.74) is 3.40. The Morgan fingerprint density at radius 2 is 1.96 bits per heavy atom. The molecule has 0 bridgehead atoms. The van der Waals surface area contributed by atoms with Gasteiger partial charge in [-0.3, -0.25) is 4.90 Å². The molecule has 2 aromatic rings. The minimum Gasteiger partial charge on any atom is -0.504 e. The second kappa shape index (κ2) is 5.81. The van der Waals surface area contributed by atoms with Crippen molar-refractivity contribution in [3.63, 3.8) is 0 Å². The van der Waals surface area contributed by atoms with Gasteiger partial charge in [0.2, 0.25) is 0 Å². The zero-order valence-electron chi connectivity index (χ0n) is 14.1. The average molecular weight is 365 g/mol. The predicted molar refractivity (Wildman–Crippen MR) is 89.3 cm³/mol. The lowest BCUT2D eigenvalue weighted by molar-refractivity contribution is -0.274. The molecule has 0 fully saturated rings. The van der Waals surface area contributed by atoms with Gasteiger partial charge >= 0.3 is 6.36 Å². The molecule has 1 aliphatic carbocycles. The molecule has 1 atom stereocenters. The molecule has 1 heterocycles. The summed E-state index contributed by atoms with van der Waals surface area (Å²) in [7, 11) is 0. The second-order valence-corrected chi connectivity index (χ2v) is 6.66. The van der Waals surface area contributed by atoms with E-state index in [0.717, 1.165) is 29.8 Å². The summed E-state index contributed by atoms with van der Waals surface area (Å²) in [5.74, 6) is -0.896. The minimum absolute atomic E-state index is 0.0372. The topological polar surface area (TPSA) is 52.9 Å². The highest BCUT2D eigenvalue weighted by Gasteiger charge is 2.37. The van der Waals surface area contributed by atoms with E-state index in [1.807, 2.05) is 0 Å². The number of hydrogen-bond acceptors (Lipinski definition) is 4. The molecule has 0 unspecified atom stereocenters. The van der Waals surface area contributed by atoms with Crippen LogP contribution >= 0.6 is 0 Å². The highest BCUT2D eigenvalue weighted by atomic mass is 19.4. The van der Waals surface area contributed by atoms with Crippen LogP contribution in [-0.4, -0.2) is 34.6 Å². The molecule has 26 heavy (non-hydrogen) atoms. The monoisotopic (exact) mass is 365 g/mol. The van der Waals surface area contributed by atoms with E-state index in [0.29, 0.717) is 24.0 Å². The van der Waals surface area contributed by atoms with Crippen molar-refractivity contribution in [1.82, 2.24) is 4.90 Å². The SMILES string of the molecule is CCN1CCc2cc(OC(F)(F)F)cc3c2[C@H]1Cc1ccc(O)c(O)c1-3. The van der Waals surface area contributed by atoms with Crippen molar-refractivity contribution in [3.8, 4) is 28.4 Å². The van der Waals surface area contributed by atoms with E-state index < -0.39 is 6.36 Å². The third-order valence-electron chi connectivity index (χ3n) is 5.25. The van der Waals surface area contributed by atoms with E-state index in [2.05, 4.69) is 16.6 Å². The van der Waals surface area contributed by atoms with Crippen molar-refractivity contribution in [3.05, 3.63) is 41.0 Å². The Balaban J connectivity index is 1.96. The predicted octanol–water partition coefficient (Wildman–Crippen LogP) is 4.14. The first-order chi connectivity index (χ1) is 12.3. The van der Waals surface area contributed by atoms with Gasteiger partial charge in [-0.2, -0.15) is 0 Å². The van der Waals surface area contributed by atoms with Gasteiger partial charge in [0.15, 0.2) is 11.5 Å². The molecule has 0 saturated heterocycles. The Hall–Kier alpha value is -2.41. The fourth-order valence-electron chi connectivity index (χ4n) is 4.20. The summed E-state index contributed by atoms with van der Waals surface area (Å²) < 4.78 is 42.4. The van der Waals surface area contributed by atoms with Crippen LogP contribution in [0.5, 0.6) is 17.2 Å². The van der Waals surface area contributed by atoms with E-state index in [4.69, 9.17) is 0 Å². The molecule has 138 valence electrons. The fraction of sp³-hybridized carbons (Fsp3) is 0.368. The maximum Gasteiger partial charge on any atom is 0.573 e. The molecule has 2 N–H and O–H groups in total. The average Bonchev–Trinajstić information content (AvgIpc) is 2.56. The van der Waals surface area contributed by atoms with Crippen LogP contribution < -0.4 is 4.74 Å². The molecule has 0 radical (unpaired) electrons. The number of phenolic OH excluding ortho intramolecular Hbond substituents is 2. The van der Waals surface area contributed by atoms with Crippen molar-refractivity contribution < 1.29 is 28.1 Å². The van der Waals surface area contributed by atoms with Gasteiger partial charge in [-0.05, 0) is 59.8 Å². The smallest absolute Gasteiger partial charge is 0.504 e. The molecule has 4 rings (SSSR count). The maximum atomic E-state index is 12.7. The van der Waals surface area contributed by atoms with Crippen molar-refractivity contribution in [2.24, 2.45) is 0 Å². The van der Waals surface area contributed by atoms with Gasteiger partial charge in [-0.25, -0.2) is 0 Å². The first-order valence-electron chi connectivity index (χ1n) is 8.49. The summed E-state index contributed by atoms with van der Waals surface area (Å²) in [6.07, 6.45) is -3.55. The Morgan fingerprint density at radius 1 is 1.19 bits per heavy atom. The number of alkyl halides is 3. The molecule has 0 spiro atoms. The molecule has 2 aliphatic rings. The zero-order valence-corrected chi connectivity index (χ0v) is 14.1. The van der Waals surface area contributed by atoms with E-state index in [-0.39, 0.29) is 23.3 Å². The first-order valence-corrected chi connectivity index (χ1v) is 8.49. The molecule has 0 saturated carbocycles. The van der Waals surface area contributed by atoms with Gasteiger partial charge in [0.25, 0.3) is 0 Å². The van der Waals surface area contributed by atoms with Gasteiger partial charge in [0.05, 0.1) is 0 Å². The second-order valence-electron chi connectivity index (χ2n) is 6.66. The van der Waals surface area contributed by atoms with Crippen LogP contribution in [-0.2, 0) is 12.8 Å². The minimum atomic E-state index is -4.79. The van der Waals surface area contributed by atoms with E-state index in [1.54, 1.807) is 6.07 Å². The largest absolute Gasteiger partial charge is 0.573 e. The Bertz CT molecular complexity index is 879. The lowest BCUT2D eigenvalue weighted by Crippen LogP contribution is -2.38. The molecule has 0 aromatic heterocycles. The molecule has 0 amide bonds. The lowest BCUT2D eigenvalue weighted by atomic mass is 9.76. The summed E-state index contributed by atoms with van der Waals surface area (Å²) in [6.45, 7) is 3.63. The van der Waals surface area contributed by atoms with Crippen molar-refractivity contribution >= 4 is 0 Å². The molecule has 7 heteroatoms.